The Morgan fingerprint density at radius 2 is 2.10 bits per heavy atom. The molecule has 0 aromatic heterocycles. The predicted molar refractivity (Wildman–Crippen MR) is 77.7 cm³/mol. The van der Waals surface area contributed by atoms with Gasteiger partial charge in [0.2, 0.25) is 0 Å². The standard InChI is InChI=1S/C16H15FN2O2/c1-9-2-4-11(12(17)6-9)16(18)10-3-5-14-13(7-10)19-15(20)8-21-14/h2-7,16H,8,18H2,1H3,(H,19,20). The van der Waals surface area contributed by atoms with Crippen molar-refractivity contribution in [3.63, 3.8) is 0 Å². The van der Waals surface area contributed by atoms with E-state index in [-0.39, 0.29) is 18.3 Å². The monoisotopic (exact) mass is 286 g/mol. The van der Waals surface area contributed by atoms with Gasteiger partial charge < -0.3 is 15.8 Å². The number of hydrogen-bond donors (Lipinski definition) is 2. The minimum Gasteiger partial charge on any atom is -0.482 e. The fraction of sp³-hybridized carbons (Fsp3) is 0.188. The summed E-state index contributed by atoms with van der Waals surface area (Å²) in [5.41, 5.74) is 8.68. The van der Waals surface area contributed by atoms with Crippen LogP contribution < -0.4 is 15.8 Å². The molecule has 2 aromatic rings. The van der Waals surface area contributed by atoms with Crippen molar-refractivity contribution < 1.29 is 13.9 Å². The van der Waals surface area contributed by atoms with Crippen LogP contribution in [0.5, 0.6) is 5.75 Å². The summed E-state index contributed by atoms with van der Waals surface area (Å²) in [7, 11) is 0. The molecule has 3 rings (SSSR count). The summed E-state index contributed by atoms with van der Waals surface area (Å²) in [5.74, 6) is 0.0465. The lowest BCUT2D eigenvalue weighted by atomic mass is 9.97. The Bertz CT molecular complexity index is 715. The first kappa shape index (κ1) is 13.6. The predicted octanol–water partition coefficient (Wildman–Crippen LogP) is 2.51. The van der Waals surface area contributed by atoms with Crippen LogP contribution in [0.4, 0.5) is 10.1 Å². The lowest BCUT2D eigenvalue weighted by molar-refractivity contribution is -0.118. The van der Waals surface area contributed by atoms with Crippen molar-refractivity contribution in [3.8, 4) is 5.75 Å². The fourth-order valence-electron chi connectivity index (χ4n) is 2.36. The average molecular weight is 286 g/mol. The first-order valence-corrected chi connectivity index (χ1v) is 6.63. The molecule has 3 N–H and O–H groups in total. The van der Waals surface area contributed by atoms with E-state index in [9.17, 15) is 9.18 Å². The van der Waals surface area contributed by atoms with Gasteiger partial charge in [-0.05, 0) is 36.2 Å². The van der Waals surface area contributed by atoms with Gasteiger partial charge in [-0.1, -0.05) is 18.2 Å². The van der Waals surface area contributed by atoms with Crippen LogP contribution in [0.2, 0.25) is 0 Å². The minimum atomic E-state index is -0.602. The highest BCUT2D eigenvalue weighted by Crippen LogP contribution is 2.32. The third kappa shape index (κ3) is 2.60. The molecule has 1 aliphatic heterocycles. The van der Waals surface area contributed by atoms with E-state index in [1.165, 1.54) is 6.07 Å². The molecule has 1 atom stereocenters. The molecule has 1 aliphatic rings. The van der Waals surface area contributed by atoms with Crippen LogP contribution in [0.25, 0.3) is 0 Å². The largest absolute Gasteiger partial charge is 0.482 e. The number of anilines is 1. The van der Waals surface area contributed by atoms with Gasteiger partial charge in [-0.2, -0.15) is 0 Å². The van der Waals surface area contributed by atoms with Crippen molar-refractivity contribution in [2.75, 3.05) is 11.9 Å². The van der Waals surface area contributed by atoms with Gasteiger partial charge in [-0.25, -0.2) is 4.39 Å². The Balaban J connectivity index is 1.96. The maximum Gasteiger partial charge on any atom is 0.262 e. The first-order chi connectivity index (χ1) is 10.0. The van der Waals surface area contributed by atoms with E-state index in [0.717, 1.165) is 5.56 Å². The number of carbonyl (C=O) groups excluding carboxylic acids is 1. The van der Waals surface area contributed by atoms with E-state index >= 15 is 0 Å². The molecule has 1 unspecified atom stereocenters. The van der Waals surface area contributed by atoms with E-state index in [1.54, 1.807) is 24.3 Å². The molecule has 0 aliphatic carbocycles. The SMILES string of the molecule is Cc1ccc(C(N)c2ccc3c(c2)NC(=O)CO3)c(F)c1. The molecular formula is C16H15FN2O2. The Hall–Kier alpha value is -2.40. The van der Waals surface area contributed by atoms with Gasteiger partial charge in [-0.15, -0.1) is 0 Å². The highest BCUT2D eigenvalue weighted by Gasteiger charge is 2.19. The number of nitrogens with one attached hydrogen (secondary N) is 1. The van der Waals surface area contributed by atoms with E-state index in [2.05, 4.69) is 5.32 Å². The second-order valence-corrected chi connectivity index (χ2v) is 5.10. The van der Waals surface area contributed by atoms with Crippen LogP contribution in [0.3, 0.4) is 0 Å². The fourth-order valence-corrected chi connectivity index (χ4v) is 2.36. The Morgan fingerprint density at radius 1 is 1.29 bits per heavy atom. The number of benzene rings is 2. The molecule has 0 saturated carbocycles. The van der Waals surface area contributed by atoms with Crippen LogP contribution >= 0.6 is 0 Å². The number of carbonyl (C=O) groups is 1. The normalized spacial score (nSPS) is 14.9. The number of halogens is 1. The van der Waals surface area contributed by atoms with Crippen LogP contribution in [0.1, 0.15) is 22.7 Å². The molecule has 0 spiro atoms. The summed E-state index contributed by atoms with van der Waals surface area (Å²) in [6.07, 6.45) is 0. The number of aryl methyl sites for hydroxylation is 1. The topological polar surface area (TPSA) is 64.3 Å². The maximum atomic E-state index is 14.0. The van der Waals surface area contributed by atoms with Crippen LogP contribution in [0, 0.1) is 12.7 Å². The lowest BCUT2D eigenvalue weighted by Gasteiger charge is -2.20. The number of hydrogen-bond acceptors (Lipinski definition) is 3. The molecule has 0 radical (unpaired) electrons. The summed E-state index contributed by atoms with van der Waals surface area (Å²) in [6, 6.07) is 9.59. The van der Waals surface area contributed by atoms with Crippen LogP contribution in [-0.4, -0.2) is 12.5 Å². The summed E-state index contributed by atoms with van der Waals surface area (Å²) < 4.78 is 19.3. The third-order valence-electron chi connectivity index (χ3n) is 3.49. The summed E-state index contributed by atoms with van der Waals surface area (Å²) in [5, 5.41) is 2.72. The maximum absolute atomic E-state index is 14.0. The van der Waals surface area contributed by atoms with Crippen molar-refractivity contribution in [1.29, 1.82) is 0 Å². The molecule has 1 amide bonds. The lowest BCUT2D eigenvalue weighted by Crippen LogP contribution is -2.25. The minimum absolute atomic E-state index is 0.00495. The Morgan fingerprint density at radius 3 is 2.86 bits per heavy atom. The summed E-state index contributed by atoms with van der Waals surface area (Å²) >= 11 is 0. The van der Waals surface area contributed by atoms with Crippen molar-refractivity contribution in [2.45, 2.75) is 13.0 Å². The van der Waals surface area contributed by atoms with E-state index in [4.69, 9.17) is 10.5 Å². The van der Waals surface area contributed by atoms with Gasteiger partial charge in [0, 0.05) is 5.56 Å². The Labute approximate surface area is 121 Å². The van der Waals surface area contributed by atoms with Gasteiger partial charge in [0.05, 0.1) is 11.7 Å². The van der Waals surface area contributed by atoms with Crippen LogP contribution in [-0.2, 0) is 4.79 Å². The summed E-state index contributed by atoms with van der Waals surface area (Å²) in [4.78, 5) is 11.3. The first-order valence-electron chi connectivity index (χ1n) is 6.63. The second kappa shape index (κ2) is 5.18. The van der Waals surface area contributed by atoms with Crippen molar-refractivity contribution in [3.05, 3.63) is 58.9 Å². The van der Waals surface area contributed by atoms with Gasteiger partial charge in [0.15, 0.2) is 6.61 Å². The van der Waals surface area contributed by atoms with E-state index in [0.29, 0.717) is 22.6 Å². The van der Waals surface area contributed by atoms with Gasteiger partial charge in [-0.3, -0.25) is 4.79 Å². The molecule has 1 heterocycles. The van der Waals surface area contributed by atoms with Gasteiger partial charge in [0.1, 0.15) is 11.6 Å². The highest BCUT2D eigenvalue weighted by molar-refractivity contribution is 5.95. The molecule has 0 bridgehead atoms. The van der Waals surface area contributed by atoms with Crippen molar-refractivity contribution >= 4 is 11.6 Å². The highest BCUT2D eigenvalue weighted by atomic mass is 19.1. The second-order valence-electron chi connectivity index (χ2n) is 5.10. The Kier molecular flexibility index (Phi) is 3.35. The summed E-state index contributed by atoms with van der Waals surface area (Å²) in [6.45, 7) is 1.83. The number of rotatable bonds is 2. The average Bonchev–Trinajstić information content (AvgIpc) is 2.46. The molecular weight excluding hydrogens is 271 g/mol. The zero-order chi connectivity index (χ0) is 15.0. The molecule has 0 saturated heterocycles. The molecule has 108 valence electrons. The van der Waals surface area contributed by atoms with Crippen LogP contribution in [0.15, 0.2) is 36.4 Å². The molecule has 0 fully saturated rings. The van der Waals surface area contributed by atoms with Gasteiger partial charge >= 0.3 is 0 Å². The smallest absolute Gasteiger partial charge is 0.262 e. The quantitative estimate of drug-likeness (QED) is 0.891. The molecule has 2 aromatic carbocycles. The molecule has 4 nitrogen and oxygen atoms in total. The van der Waals surface area contributed by atoms with Crippen molar-refractivity contribution in [2.24, 2.45) is 5.73 Å². The number of amides is 1. The molecule has 21 heavy (non-hydrogen) atoms. The zero-order valence-electron chi connectivity index (χ0n) is 11.5. The number of ether oxygens (including phenoxy) is 1. The third-order valence-corrected chi connectivity index (χ3v) is 3.49. The molecule has 5 heteroatoms. The van der Waals surface area contributed by atoms with E-state index < -0.39 is 6.04 Å². The number of nitrogens with two attached hydrogens (primary N) is 1. The van der Waals surface area contributed by atoms with E-state index in [1.807, 2.05) is 13.0 Å². The number of fused-ring (bicyclic) bond motifs is 1. The zero-order valence-corrected chi connectivity index (χ0v) is 11.5. The van der Waals surface area contributed by atoms with Crippen molar-refractivity contribution in [1.82, 2.24) is 0 Å². The van der Waals surface area contributed by atoms with Gasteiger partial charge in [0.25, 0.3) is 5.91 Å².